The van der Waals surface area contributed by atoms with Crippen LogP contribution in [-0.4, -0.2) is 23.5 Å². The van der Waals surface area contributed by atoms with Gasteiger partial charge in [0.15, 0.2) is 11.5 Å². The largest absolute Gasteiger partial charge is 0.376 e. The summed E-state index contributed by atoms with van der Waals surface area (Å²) in [4.78, 5) is 24.8. The number of amides is 2. The molecular formula is C18H18N4O3S. The van der Waals surface area contributed by atoms with E-state index in [-0.39, 0.29) is 18.1 Å². The molecule has 2 heterocycles. The van der Waals surface area contributed by atoms with E-state index in [1.54, 1.807) is 0 Å². The summed E-state index contributed by atoms with van der Waals surface area (Å²) in [5.74, 6) is -0.412. The van der Waals surface area contributed by atoms with Crippen LogP contribution in [0.1, 0.15) is 21.6 Å². The van der Waals surface area contributed by atoms with Gasteiger partial charge in [-0.2, -0.15) is 0 Å². The van der Waals surface area contributed by atoms with Crippen molar-refractivity contribution in [3.63, 3.8) is 0 Å². The summed E-state index contributed by atoms with van der Waals surface area (Å²) in [6, 6.07) is 11.2. The highest BCUT2D eigenvalue weighted by molar-refractivity contribution is 7.13. The van der Waals surface area contributed by atoms with E-state index in [4.69, 9.17) is 4.52 Å². The summed E-state index contributed by atoms with van der Waals surface area (Å²) in [6.07, 6.45) is 0. The van der Waals surface area contributed by atoms with Crippen molar-refractivity contribution in [3.8, 4) is 10.6 Å². The van der Waals surface area contributed by atoms with Crippen LogP contribution in [0.15, 0.2) is 46.3 Å². The molecule has 134 valence electrons. The van der Waals surface area contributed by atoms with E-state index in [0.29, 0.717) is 5.76 Å². The van der Waals surface area contributed by atoms with Gasteiger partial charge in [-0.05, 0) is 36.9 Å². The third-order valence-electron chi connectivity index (χ3n) is 3.64. The van der Waals surface area contributed by atoms with Crippen molar-refractivity contribution in [2.24, 2.45) is 0 Å². The van der Waals surface area contributed by atoms with Crippen LogP contribution in [0.3, 0.4) is 0 Å². The Morgan fingerprint density at radius 2 is 2.00 bits per heavy atom. The summed E-state index contributed by atoms with van der Waals surface area (Å²) in [7, 11) is 0. The molecule has 0 radical (unpaired) electrons. The van der Waals surface area contributed by atoms with Crippen molar-refractivity contribution < 1.29 is 14.1 Å². The first-order valence-corrected chi connectivity index (χ1v) is 8.82. The number of benzene rings is 1. The number of nitrogens with one attached hydrogen (secondary N) is 3. The monoisotopic (exact) mass is 370 g/mol. The summed E-state index contributed by atoms with van der Waals surface area (Å²) in [6.45, 7) is 4.00. The lowest BCUT2D eigenvalue weighted by Gasteiger charge is -2.10. The van der Waals surface area contributed by atoms with Crippen molar-refractivity contribution in [1.29, 1.82) is 0 Å². The van der Waals surface area contributed by atoms with Crippen molar-refractivity contribution in [1.82, 2.24) is 16.0 Å². The maximum atomic E-state index is 12.0. The summed E-state index contributed by atoms with van der Waals surface area (Å²) < 4.78 is 5.14. The molecule has 0 aliphatic rings. The fourth-order valence-electron chi connectivity index (χ4n) is 2.34. The van der Waals surface area contributed by atoms with Crippen LogP contribution in [-0.2, 0) is 4.79 Å². The van der Waals surface area contributed by atoms with Crippen LogP contribution in [0.4, 0.5) is 5.69 Å². The number of anilines is 1. The number of nitrogens with zero attached hydrogens (tertiary/aromatic N) is 1. The molecule has 0 unspecified atom stereocenters. The fourth-order valence-corrected chi connectivity index (χ4v) is 3.01. The van der Waals surface area contributed by atoms with Gasteiger partial charge in [-0.25, -0.2) is 0 Å². The van der Waals surface area contributed by atoms with E-state index in [0.717, 1.165) is 21.7 Å². The average molecular weight is 370 g/mol. The number of aryl methyl sites for hydroxylation is 2. The molecule has 0 bridgehead atoms. The minimum absolute atomic E-state index is 0.0312. The van der Waals surface area contributed by atoms with E-state index >= 15 is 0 Å². The van der Waals surface area contributed by atoms with Gasteiger partial charge in [-0.1, -0.05) is 28.9 Å². The third kappa shape index (κ3) is 4.28. The first kappa shape index (κ1) is 17.7. The molecule has 0 spiro atoms. The zero-order valence-corrected chi connectivity index (χ0v) is 15.1. The molecule has 0 atom stereocenters. The summed E-state index contributed by atoms with van der Waals surface area (Å²) in [5, 5.41) is 8.65. The average Bonchev–Trinajstić information content (AvgIpc) is 3.29. The molecule has 2 aromatic heterocycles. The van der Waals surface area contributed by atoms with Gasteiger partial charge in [0.1, 0.15) is 0 Å². The standard InChI is InChI=1S/C18H18N4O3S/c1-11-5-6-13(12(2)8-11)19-10-17(23)20-21-18(24)14-9-15(25-22-14)16-4-3-7-26-16/h3-9,19H,10H2,1-2H3,(H,20,23)(H,21,24). The minimum Gasteiger partial charge on any atom is -0.376 e. The first-order chi connectivity index (χ1) is 12.5. The lowest BCUT2D eigenvalue weighted by atomic mass is 10.1. The quantitative estimate of drug-likeness (QED) is 0.600. The predicted molar refractivity (Wildman–Crippen MR) is 99.8 cm³/mol. The Morgan fingerprint density at radius 1 is 1.15 bits per heavy atom. The number of hydrazine groups is 1. The first-order valence-electron chi connectivity index (χ1n) is 7.94. The molecule has 0 aliphatic heterocycles. The van der Waals surface area contributed by atoms with Crippen molar-refractivity contribution in [2.45, 2.75) is 13.8 Å². The Labute approximate surface area is 154 Å². The molecule has 1 aromatic carbocycles. The highest BCUT2D eigenvalue weighted by atomic mass is 32.1. The van der Waals surface area contributed by atoms with Gasteiger partial charge in [0.25, 0.3) is 11.8 Å². The van der Waals surface area contributed by atoms with E-state index in [1.807, 2.05) is 49.6 Å². The number of hydrogen-bond acceptors (Lipinski definition) is 6. The molecule has 7 nitrogen and oxygen atoms in total. The molecule has 3 aromatic rings. The number of rotatable bonds is 5. The van der Waals surface area contributed by atoms with E-state index in [9.17, 15) is 9.59 Å². The highest BCUT2D eigenvalue weighted by Gasteiger charge is 2.15. The number of thiophene rings is 1. The lowest BCUT2D eigenvalue weighted by Crippen LogP contribution is -2.44. The molecule has 2 amide bonds. The maximum absolute atomic E-state index is 12.0. The summed E-state index contributed by atoms with van der Waals surface area (Å²) >= 11 is 1.48. The second-order valence-corrected chi connectivity index (χ2v) is 6.68. The Kier molecular flexibility index (Phi) is 5.33. The molecular weight excluding hydrogens is 352 g/mol. The Hall–Kier alpha value is -3.13. The Bertz CT molecular complexity index is 918. The zero-order valence-electron chi connectivity index (χ0n) is 14.3. The van der Waals surface area contributed by atoms with Crippen molar-refractivity contribution in [3.05, 3.63) is 58.6 Å². The van der Waals surface area contributed by atoms with Gasteiger partial charge in [-0.15, -0.1) is 11.3 Å². The summed E-state index contributed by atoms with van der Waals surface area (Å²) in [5.41, 5.74) is 7.83. The second-order valence-electron chi connectivity index (χ2n) is 5.73. The third-order valence-corrected chi connectivity index (χ3v) is 4.53. The molecule has 8 heteroatoms. The normalized spacial score (nSPS) is 10.4. The van der Waals surface area contributed by atoms with Gasteiger partial charge in [0, 0.05) is 11.8 Å². The predicted octanol–water partition coefficient (Wildman–Crippen LogP) is 2.89. The van der Waals surface area contributed by atoms with Crippen LogP contribution in [0.25, 0.3) is 10.6 Å². The Morgan fingerprint density at radius 3 is 2.73 bits per heavy atom. The minimum atomic E-state index is -0.545. The van der Waals surface area contributed by atoms with Crippen molar-refractivity contribution in [2.75, 3.05) is 11.9 Å². The van der Waals surface area contributed by atoms with Crippen LogP contribution >= 0.6 is 11.3 Å². The van der Waals surface area contributed by atoms with Gasteiger partial charge in [-0.3, -0.25) is 20.4 Å². The molecule has 0 fully saturated rings. The molecule has 0 saturated heterocycles. The smallest absolute Gasteiger partial charge is 0.291 e. The van der Waals surface area contributed by atoms with Crippen molar-refractivity contribution >= 4 is 28.8 Å². The number of carbonyl (C=O) groups excluding carboxylic acids is 2. The van der Waals surface area contributed by atoms with E-state index in [1.165, 1.54) is 17.4 Å². The van der Waals surface area contributed by atoms with Gasteiger partial charge < -0.3 is 9.84 Å². The van der Waals surface area contributed by atoms with Crippen LogP contribution in [0.2, 0.25) is 0 Å². The van der Waals surface area contributed by atoms with E-state index in [2.05, 4.69) is 21.3 Å². The lowest BCUT2D eigenvalue weighted by molar-refractivity contribution is -0.120. The zero-order chi connectivity index (χ0) is 18.5. The topological polar surface area (TPSA) is 96.3 Å². The molecule has 0 aliphatic carbocycles. The number of aromatic nitrogens is 1. The number of carbonyl (C=O) groups is 2. The highest BCUT2D eigenvalue weighted by Crippen LogP contribution is 2.24. The van der Waals surface area contributed by atoms with Gasteiger partial charge >= 0.3 is 0 Å². The van der Waals surface area contributed by atoms with Crippen LogP contribution in [0, 0.1) is 13.8 Å². The van der Waals surface area contributed by atoms with E-state index < -0.39 is 5.91 Å². The molecule has 0 saturated carbocycles. The Balaban J connectivity index is 1.49. The van der Waals surface area contributed by atoms with Gasteiger partial charge in [0.2, 0.25) is 0 Å². The van der Waals surface area contributed by atoms with Crippen LogP contribution < -0.4 is 16.2 Å². The maximum Gasteiger partial charge on any atom is 0.291 e. The molecule has 3 N–H and O–H groups in total. The molecule has 3 rings (SSSR count). The van der Waals surface area contributed by atoms with Gasteiger partial charge in [0.05, 0.1) is 11.4 Å². The molecule has 26 heavy (non-hydrogen) atoms. The van der Waals surface area contributed by atoms with Crippen LogP contribution in [0.5, 0.6) is 0 Å². The number of hydrogen-bond donors (Lipinski definition) is 3. The fraction of sp³-hybridized carbons (Fsp3) is 0.167. The second kappa shape index (κ2) is 7.83. The SMILES string of the molecule is Cc1ccc(NCC(=O)NNC(=O)c2cc(-c3cccs3)on2)c(C)c1.